The first-order valence-electron chi connectivity index (χ1n) is 2.69. The average Bonchev–Trinajstić information content (AvgIpc) is 1.89. The van der Waals surface area contributed by atoms with Crippen molar-refractivity contribution in [3.63, 3.8) is 0 Å². The van der Waals surface area contributed by atoms with Crippen molar-refractivity contribution in [1.29, 1.82) is 0 Å². The van der Waals surface area contributed by atoms with Gasteiger partial charge in [0, 0.05) is 0 Å². The van der Waals surface area contributed by atoms with Gasteiger partial charge in [-0.15, -0.1) is 0 Å². The molecule has 0 aromatic rings. The Labute approximate surface area is 52.8 Å². The number of hydrogen-bond acceptors (Lipinski definition) is 2. The van der Waals surface area contributed by atoms with Crippen molar-refractivity contribution >= 4 is 0 Å². The van der Waals surface area contributed by atoms with E-state index in [1.165, 1.54) is 0 Å². The Morgan fingerprint density at radius 1 is 0.889 bits per heavy atom. The Morgan fingerprint density at radius 2 is 1.33 bits per heavy atom. The van der Waals surface area contributed by atoms with Crippen LogP contribution in [-0.2, 0) is 9.47 Å². The zero-order valence-corrected chi connectivity index (χ0v) is 5.11. The lowest BCUT2D eigenvalue weighted by atomic mass is 10.5. The summed E-state index contributed by atoms with van der Waals surface area (Å²) in [5.41, 5.74) is 0. The molecule has 0 radical (unpaired) electrons. The normalized spacial score (nSPS) is 10.0. The number of rotatable bonds is 6. The van der Waals surface area contributed by atoms with Crippen LogP contribution in [0.15, 0.2) is 0 Å². The first-order valence-corrected chi connectivity index (χ1v) is 2.69. The van der Waals surface area contributed by atoms with E-state index in [0.717, 1.165) is 0 Å². The minimum absolute atomic E-state index is 0.288. The maximum atomic E-state index is 11.2. The lowest BCUT2D eigenvalue weighted by molar-refractivity contribution is 0.0184. The number of alkyl halides is 2. The van der Waals surface area contributed by atoms with Crippen LogP contribution in [0, 0.1) is 0 Å². The van der Waals surface area contributed by atoms with Gasteiger partial charge in [0.1, 0.15) is 0 Å². The summed E-state index contributed by atoms with van der Waals surface area (Å²) < 4.78 is 31.0. The summed E-state index contributed by atoms with van der Waals surface area (Å²) in [5.74, 6) is 0. The molecule has 56 valence electrons. The Balaban J connectivity index is 2.60. The summed E-state index contributed by atoms with van der Waals surface area (Å²) in [7, 11) is 0. The molecule has 0 atom stereocenters. The molecule has 0 saturated carbocycles. The van der Waals surface area contributed by atoms with Crippen LogP contribution in [0.2, 0.25) is 0 Å². The van der Waals surface area contributed by atoms with E-state index in [-0.39, 0.29) is 13.2 Å². The second-order valence-electron chi connectivity index (χ2n) is 1.39. The molecule has 0 heterocycles. The van der Waals surface area contributed by atoms with Gasteiger partial charge in [0.25, 0.3) is 0 Å². The maximum Gasteiger partial charge on any atom is 0.188 e. The van der Waals surface area contributed by atoms with E-state index in [4.69, 9.17) is 0 Å². The molecule has 0 aromatic carbocycles. The number of ether oxygens (including phenoxy) is 2. The van der Waals surface area contributed by atoms with Crippen molar-refractivity contribution in [3.8, 4) is 0 Å². The van der Waals surface area contributed by atoms with E-state index in [1.54, 1.807) is 0 Å². The molecule has 0 N–H and O–H groups in total. The Bertz CT molecular complexity index is 46.2. The highest BCUT2D eigenvalue weighted by Crippen LogP contribution is 1.84. The fourth-order valence-electron chi connectivity index (χ4n) is 0.372. The molecular formula is C5H10F2O2. The first kappa shape index (κ1) is 8.78. The van der Waals surface area contributed by atoms with Gasteiger partial charge in [-0.25, -0.2) is 8.78 Å². The predicted octanol–water partition coefficient (Wildman–Crippen LogP) is 1.26. The van der Waals surface area contributed by atoms with E-state index in [2.05, 4.69) is 9.47 Å². The summed E-state index contributed by atoms with van der Waals surface area (Å²) in [6.45, 7) is -0.988. The topological polar surface area (TPSA) is 18.5 Å². The fraction of sp³-hybridized carbons (Fsp3) is 1.00. The Morgan fingerprint density at radius 3 is 1.67 bits per heavy atom. The molecule has 0 spiro atoms. The molecule has 0 bridgehead atoms. The average molecular weight is 140 g/mol. The molecule has 0 aliphatic carbocycles. The molecular weight excluding hydrogens is 130 g/mol. The molecule has 0 unspecified atom stereocenters. The largest absolute Gasteiger partial charge is 0.350 e. The van der Waals surface area contributed by atoms with Gasteiger partial charge >= 0.3 is 0 Å². The summed E-state index contributed by atoms with van der Waals surface area (Å²) in [4.78, 5) is 0. The first-order chi connectivity index (χ1) is 4.41. The highest BCUT2D eigenvalue weighted by Gasteiger charge is 1.86. The zero-order chi connectivity index (χ0) is 6.95. The van der Waals surface area contributed by atoms with Crippen molar-refractivity contribution in [2.45, 2.75) is 6.42 Å². The highest BCUT2D eigenvalue weighted by atomic mass is 19.1. The lowest BCUT2D eigenvalue weighted by Crippen LogP contribution is -1.98. The molecule has 4 heteroatoms. The molecule has 0 aliphatic rings. The van der Waals surface area contributed by atoms with E-state index >= 15 is 0 Å². The maximum absolute atomic E-state index is 11.2. The van der Waals surface area contributed by atoms with Crippen LogP contribution in [-0.4, -0.2) is 26.9 Å². The molecule has 2 nitrogen and oxygen atoms in total. The van der Waals surface area contributed by atoms with Crippen molar-refractivity contribution in [2.75, 3.05) is 26.9 Å². The van der Waals surface area contributed by atoms with Gasteiger partial charge < -0.3 is 9.47 Å². The van der Waals surface area contributed by atoms with Crippen LogP contribution in [0.3, 0.4) is 0 Å². The summed E-state index contributed by atoms with van der Waals surface area (Å²) >= 11 is 0. The van der Waals surface area contributed by atoms with Crippen molar-refractivity contribution in [1.82, 2.24) is 0 Å². The summed E-state index contributed by atoms with van der Waals surface area (Å²) in [6.07, 6.45) is 0.536. The van der Waals surface area contributed by atoms with E-state index < -0.39 is 13.7 Å². The lowest BCUT2D eigenvalue weighted by Gasteiger charge is -1.97. The van der Waals surface area contributed by atoms with E-state index in [9.17, 15) is 8.78 Å². The third-order valence-electron chi connectivity index (χ3n) is 0.732. The zero-order valence-electron chi connectivity index (χ0n) is 5.11. The second kappa shape index (κ2) is 7.78. The van der Waals surface area contributed by atoms with Crippen LogP contribution < -0.4 is 0 Å². The van der Waals surface area contributed by atoms with Crippen LogP contribution in [0.1, 0.15) is 6.42 Å². The van der Waals surface area contributed by atoms with Gasteiger partial charge in [0.2, 0.25) is 0 Å². The van der Waals surface area contributed by atoms with Gasteiger partial charge in [-0.2, -0.15) is 0 Å². The fourth-order valence-corrected chi connectivity index (χ4v) is 0.372. The highest BCUT2D eigenvalue weighted by molar-refractivity contribution is 4.29. The quantitative estimate of drug-likeness (QED) is 0.517. The van der Waals surface area contributed by atoms with E-state index in [1.807, 2.05) is 0 Å². The number of hydrogen-bond donors (Lipinski definition) is 0. The molecule has 0 aromatic heterocycles. The van der Waals surface area contributed by atoms with Crippen LogP contribution in [0.5, 0.6) is 0 Å². The number of halogens is 2. The predicted molar refractivity (Wildman–Crippen MR) is 28.5 cm³/mol. The molecule has 0 aliphatic heterocycles. The third kappa shape index (κ3) is 7.78. The Kier molecular flexibility index (Phi) is 7.59. The minimum atomic E-state index is -0.782. The van der Waals surface area contributed by atoms with Crippen LogP contribution >= 0.6 is 0 Å². The molecule has 0 amide bonds. The van der Waals surface area contributed by atoms with E-state index in [0.29, 0.717) is 6.42 Å². The SMILES string of the molecule is FCOCCCOCF. The third-order valence-corrected chi connectivity index (χ3v) is 0.732. The van der Waals surface area contributed by atoms with Crippen molar-refractivity contribution in [3.05, 3.63) is 0 Å². The van der Waals surface area contributed by atoms with Crippen molar-refractivity contribution in [2.24, 2.45) is 0 Å². The van der Waals surface area contributed by atoms with Gasteiger partial charge in [-0.05, 0) is 6.42 Å². The Hall–Kier alpha value is -0.220. The summed E-state index contributed by atoms with van der Waals surface area (Å²) in [6, 6.07) is 0. The smallest absolute Gasteiger partial charge is 0.188 e. The summed E-state index contributed by atoms with van der Waals surface area (Å²) in [5, 5.41) is 0. The molecule has 9 heavy (non-hydrogen) atoms. The van der Waals surface area contributed by atoms with Crippen LogP contribution in [0.25, 0.3) is 0 Å². The van der Waals surface area contributed by atoms with Crippen molar-refractivity contribution < 1.29 is 18.3 Å². The minimum Gasteiger partial charge on any atom is -0.350 e. The van der Waals surface area contributed by atoms with Crippen LogP contribution in [0.4, 0.5) is 8.78 Å². The van der Waals surface area contributed by atoms with Gasteiger partial charge in [0.15, 0.2) is 13.7 Å². The van der Waals surface area contributed by atoms with Gasteiger partial charge in [0.05, 0.1) is 13.2 Å². The molecule has 0 fully saturated rings. The van der Waals surface area contributed by atoms with Gasteiger partial charge in [-0.3, -0.25) is 0 Å². The second-order valence-corrected chi connectivity index (χ2v) is 1.39. The van der Waals surface area contributed by atoms with Gasteiger partial charge in [-0.1, -0.05) is 0 Å². The standard InChI is InChI=1S/C5H10F2O2/c6-4-8-2-1-3-9-5-7/h1-5H2. The monoisotopic (exact) mass is 140 g/mol. The molecule has 0 rings (SSSR count). The molecule has 0 saturated heterocycles.